The lowest BCUT2D eigenvalue weighted by molar-refractivity contribution is -0.138. The maximum absolute atomic E-state index is 11.5. The molecule has 2 rings (SSSR count). The van der Waals surface area contributed by atoms with Crippen LogP contribution in [0.4, 0.5) is 0 Å². The Kier molecular flexibility index (Phi) is 3.74. The van der Waals surface area contributed by atoms with Gasteiger partial charge in [-0.15, -0.1) is 0 Å². The molecule has 2 N–H and O–H groups in total. The molecule has 2 aliphatic rings. The highest BCUT2D eigenvalue weighted by atomic mass is 16.5. The molecule has 0 aromatic heterocycles. The van der Waals surface area contributed by atoms with Crippen LogP contribution in [0.1, 0.15) is 25.7 Å². The molecular formula is C10H16N2O4. The second-order valence-electron chi connectivity index (χ2n) is 3.98. The first-order valence-electron chi connectivity index (χ1n) is 5.60. The van der Waals surface area contributed by atoms with Crippen molar-refractivity contribution in [3.05, 3.63) is 0 Å². The van der Waals surface area contributed by atoms with E-state index in [2.05, 4.69) is 10.9 Å². The number of hydrazine groups is 1. The molecule has 16 heavy (non-hydrogen) atoms. The third-order valence-electron chi connectivity index (χ3n) is 2.75. The van der Waals surface area contributed by atoms with Gasteiger partial charge in [0.25, 0.3) is 11.8 Å². The van der Waals surface area contributed by atoms with Crippen LogP contribution in [0.25, 0.3) is 0 Å². The summed E-state index contributed by atoms with van der Waals surface area (Å²) in [5, 5.41) is 0. The van der Waals surface area contributed by atoms with E-state index in [4.69, 9.17) is 9.47 Å². The van der Waals surface area contributed by atoms with Gasteiger partial charge in [-0.05, 0) is 25.7 Å². The van der Waals surface area contributed by atoms with Gasteiger partial charge in [0.2, 0.25) is 0 Å². The van der Waals surface area contributed by atoms with Crippen LogP contribution in [0.3, 0.4) is 0 Å². The van der Waals surface area contributed by atoms with Crippen LogP contribution in [0.5, 0.6) is 0 Å². The Balaban J connectivity index is 1.69. The van der Waals surface area contributed by atoms with Crippen molar-refractivity contribution in [2.75, 3.05) is 13.2 Å². The van der Waals surface area contributed by atoms with Gasteiger partial charge in [0.15, 0.2) is 0 Å². The first kappa shape index (κ1) is 11.3. The predicted molar refractivity (Wildman–Crippen MR) is 54.2 cm³/mol. The fourth-order valence-electron chi connectivity index (χ4n) is 1.85. The highest BCUT2D eigenvalue weighted by molar-refractivity contribution is 5.86. The second-order valence-corrected chi connectivity index (χ2v) is 3.98. The van der Waals surface area contributed by atoms with E-state index in [1.807, 2.05) is 0 Å². The molecule has 2 atom stereocenters. The summed E-state index contributed by atoms with van der Waals surface area (Å²) >= 11 is 0. The Labute approximate surface area is 93.6 Å². The van der Waals surface area contributed by atoms with E-state index in [1.165, 1.54) is 0 Å². The average molecular weight is 228 g/mol. The zero-order valence-corrected chi connectivity index (χ0v) is 9.03. The number of ether oxygens (including phenoxy) is 2. The molecule has 6 heteroatoms. The lowest BCUT2D eigenvalue weighted by atomic mass is 10.2. The molecule has 2 aliphatic heterocycles. The molecule has 2 amide bonds. The molecule has 2 heterocycles. The maximum atomic E-state index is 11.5. The van der Waals surface area contributed by atoms with Crippen LogP contribution < -0.4 is 10.9 Å². The molecule has 2 fully saturated rings. The van der Waals surface area contributed by atoms with Gasteiger partial charge < -0.3 is 9.47 Å². The summed E-state index contributed by atoms with van der Waals surface area (Å²) in [6.07, 6.45) is 2.34. The van der Waals surface area contributed by atoms with Crippen molar-refractivity contribution < 1.29 is 19.1 Å². The van der Waals surface area contributed by atoms with Crippen LogP contribution in [-0.2, 0) is 19.1 Å². The monoisotopic (exact) mass is 228 g/mol. The molecule has 0 unspecified atom stereocenters. The van der Waals surface area contributed by atoms with E-state index in [0.717, 1.165) is 12.8 Å². The number of carbonyl (C=O) groups is 2. The van der Waals surface area contributed by atoms with Gasteiger partial charge in [0, 0.05) is 13.2 Å². The Morgan fingerprint density at radius 2 is 1.31 bits per heavy atom. The summed E-state index contributed by atoms with van der Waals surface area (Å²) in [5.74, 6) is -0.576. The average Bonchev–Trinajstić information content (AvgIpc) is 2.95. The molecule has 0 bridgehead atoms. The highest BCUT2D eigenvalue weighted by Crippen LogP contribution is 2.12. The van der Waals surface area contributed by atoms with Gasteiger partial charge in [-0.25, -0.2) is 0 Å². The standard InChI is InChI=1S/C10H16N2O4/c13-9(7-3-1-5-15-7)11-12-10(14)8-4-2-6-16-8/h7-8H,1-6H2,(H,11,13)(H,12,14)/t7-,8-/m1/s1. The predicted octanol–water partition coefficient (Wildman–Crippen LogP) is -0.508. The maximum Gasteiger partial charge on any atom is 0.267 e. The Hall–Kier alpha value is -1.14. The number of hydrogen-bond acceptors (Lipinski definition) is 4. The fraction of sp³-hybridized carbons (Fsp3) is 0.800. The van der Waals surface area contributed by atoms with Gasteiger partial charge in [0.1, 0.15) is 12.2 Å². The third-order valence-corrected chi connectivity index (χ3v) is 2.75. The van der Waals surface area contributed by atoms with Gasteiger partial charge in [-0.1, -0.05) is 0 Å². The van der Waals surface area contributed by atoms with Crippen molar-refractivity contribution in [2.45, 2.75) is 37.9 Å². The minimum Gasteiger partial charge on any atom is -0.368 e. The van der Waals surface area contributed by atoms with E-state index in [0.29, 0.717) is 26.1 Å². The van der Waals surface area contributed by atoms with Crippen LogP contribution in [0, 0.1) is 0 Å². The summed E-state index contributed by atoms with van der Waals surface area (Å²) in [6.45, 7) is 1.22. The number of carbonyl (C=O) groups excluding carboxylic acids is 2. The van der Waals surface area contributed by atoms with Crippen molar-refractivity contribution in [3.63, 3.8) is 0 Å². The Morgan fingerprint density at radius 3 is 1.62 bits per heavy atom. The van der Waals surface area contributed by atoms with E-state index >= 15 is 0 Å². The summed E-state index contributed by atoms with van der Waals surface area (Å²) < 4.78 is 10.4. The number of rotatable bonds is 2. The van der Waals surface area contributed by atoms with Gasteiger partial charge in [-0.3, -0.25) is 20.4 Å². The normalized spacial score (nSPS) is 29.0. The largest absolute Gasteiger partial charge is 0.368 e. The molecule has 0 radical (unpaired) electrons. The molecule has 2 saturated heterocycles. The minimum absolute atomic E-state index is 0.288. The van der Waals surface area contributed by atoms with Gasteiger partial charge >= 0.3 is 0 Å². The van der Waals surface area contributed by atoms with Crippen LogP contribution >= 0.6 is 0 Å². The molecule has 90 valence electrons. The third kappa shape index (κ3) is 2.70. The molecule has 0 aromatic rings. The number of hydrogen-bond donors (Lipinski definition) is 2. The molecular weight excluding hydrogens is 212 g/mol. The number of nitrogens with one attached hydrogen (secondary N) is 2. The highest BCUT2D eigenvalue weighted by Gasteiger charge is 2.26. The zero-order valence-electron chi connectivity index (χ0n) is 9.03. The van der Waals surface area contributed by atoms with Crippen molar-refractivity contribution in [3.8, 4) is 0 Å². The fourth-order valence-corrected chi connectivity index (χ4v) is 1.85. The van der Waals surface area contributed by atoms with E-state index in [9.17, 15) is 9.59 Å². The van der Waals surface area contributed by atoms with E-state index in [-0.39, 0.29) is 11.8 Å². The van der Waals surface area contributed by atoms with Crippen molar-refractivity contribution in [2.24, 2.45) is 0 Å². The Bertz CT molecular complexity index is 242. The van der Waals surface area contributed by atoms with Gasteiger partial charge in [0.05, 0.1) is 0 Å². The number of amides is 2. The van der Waals surface area contributed by atoms with Crippen LogP contribution in [-0.4, -0.2) is 37.2 Å². The molecule has 0 aromatic carbocycles. The van der Waals surface area contributed by atoms with Crippen molar-refractivity contribution in [1.82, 2.24) is 10.9 Å². The zero-order chi connectivity index (χ0) is 11.4. The lowest BCUT2D eigenvalue weighted by Crippen LogP contribution is -2.49. The molecule has 0 saturated carbocycles. The molecule has 0 spiro atoms. The van der Waals surface area contributed by atoms with Crippen molar-refractivity contribution in [1.29, 1.82) is 0 Å². The van der Waals surface area contributed by atoms with Gasteiger partial charge in [-0.2, -0.15) is 0 Å². The van der Waals surface area contributed by atoms with Crippen molar-refractivity contribution >= 4 is 11.8 Å². The summed E-state index contributed by atoms with van der Waals surface area (Å²) in [6, 6.07) is 0. The van der Waals surface area contributed by atoms with Crippen LogP contribution in [0.2, 0.25) is 0 Å². The minimum atomic E-state index is -0.426. The Morgan fingerprint density at radius 1 is 0.875 bits per heavy atom. The first-order chi connectivity index (χ1) is 7.77. The topological polar surface area (TPSA) is 76.7 Å². The summed E-state index contributed by atoms with van der Waals surface area (Å²) in [4.78, 5) is 22.9. The molecule has 0 aliphatic carbocycles. The second kappa shape index (κ2) is 5.27. The SMILES string of the molecule is O=C(NNC(=O)[C@H]1CCCO1)[C@H]1CCCO1. The lowest BCUT2D eigenvalue weighted by Gasteiger charge is -2.13. The van der Waals surface area contributed by atoms with E-state index < -0.39 is 12.2 Å². The summed E-state index contributed by atoms with van der Waals surface area (Å²) in [5.41, 5.74) is 4.72. The van der Waals surface area contributed by atoms with E-state index in [1.54, 1.807) is 0 Å². The molecule has 6 nitrogen and oxygen atoms in total. The smallest absolute Gasteiger partial charge is 0.267 e. The summed E-state index contributed by atoms with van der Waals surface area (Å²) in [7, 11) is 0. The first-order valence-corrected chi connectivity index (χ1v) is 5.60. The van der Waals surface area contributed by atoms with Crippen LogP contribution in [0.15, 0.2) is 0 Å². The quantitative estimate of drug-likeness (QED) is 0.624.